The Morgan fingerprint density at radius 3 is 1.50 bits per heavy atom. The molecule has 0 saturated heterocycles. The van der Waals surface area contributed by atoms with Crippen molar-refractivity contribution in [2.75, 3.05) is 28.2 Å². The number of hydrogen-bond donors (Lipinski definition) is 0. The van der Waals surface area contributed by atoms with E-state index >= 15 is 0 Å². The molecule has 0 aliphatic rings. The number of nitrogens with zero attached hydrogens (tertiary/aromatic N) is 4. The first-order valence-corrected chi connectivity index (χ1v) is 8.31. The summed E-state index contributed by atoms with van der Waals surface area (Å²) in [6, 6.07) is 0. The summed E-state index contributed by atoms with van der Waals surface area (Å²) in [5.41, 5.74) is 0. The summed E-state index contributed by atoms with van der Waals surface area (Å²) in [6.45, 7) is 0. The van der Waals surface area contributed by atoms with E-state index in [9.17, 15) is 0 Å². The van der Waals surface area contributed by atoms with Gasteiger partial charge < -0.3 is 10.0 Å². The van der Waals surface area contributed by atoms with Gasteiger partial charge in [0.15, 0.2) is 0 Å². The summed E-state index contributed by atoms with van der Waals surface area (Å²) < 4.78 is 0. The van der Waals surface area contributed by atoms with Crippen LogP contribution in [0.15, 0.2) is 34.5 Å². The Morgan fingerprint density at radius 2 is 1.12 bits per heavy atom. The molecular formula is C20H30N4. The fourth-order valence-electron chi connectivity index (χ4n) is 1.49. The van der Waals surface area contributed by atoms with Gasteiger partial charge in [0.2, 0.25) is 0 Å². The lowest BCUT2D eigenvalue weighted by Gasteiger charge is -1.99. The fourth-order valence-corrected chi connectivity index (χ4v) is 1.49. The second-order valence-corrected chi connectivity index (χ2v) is 5.47. The molecule has 0 fully saturated rings. The van der Waals surface area contributed by atoms with E-state index in [4.69, 9.17) is 0 Å². The molecule has 4 nitrogen and oxygen atoms in total. The van der Waals surface area contributed by atoms with Crippen molar-refractivity contribution in [3.05, 3.63) is 24.3 Å². The predicted octanol–water partition coefficient (Wildman–Crippen LogP) is 3.54. The highest BCUT2D eigenvalue weighted by atomic mass is 15.4. The van der Waals surface area contributed by atoms with Crippen LogP contribution in [0.4, 0.5) is 0 Å². The molecule has 4 heteroatoms. The minimum atomic E-state index is 0.887. The largest absolute Gasteiger partial charge is 0.303 e. The van der Waals surface area contributed by atoms with Crippen LogP contribution >= 0.6 is 0 Å². The number of hydrazone groups is 2. The number of unbranched alkanes of at least 4 members (excludes halogenated alkanes) is 4. The van der Waals surface area contributed by atoms with E-state index < -0.39 is 0 Å². The van der Waals surface area contributed by atoms with Gasteiger partial charge in [-0.05, 0) is 49.7 Å². The maximum Gasteiger partial charge on any atom is 0.0467 e. The predicted molar refractivity (Wildman–Crippen MR) is 106 cm³/mol. The van der Waals surface area contributed by atoms with E-state index in [1.807, 2.05) is 40.3 Å². The van der Waals surface area contributed by atoms with Crippen LogP contribution in [0.2, 0.25) is 0 Å². The highest BCUT2D eigenvalue weighted by Gasteiger charge is 1.80. The standard InChI is InChI=1S/C20H30N4/c1-23(2)21-19-17-15-13-11-9-7-5-6-8-10-12-14-16-18-20-22-24(3)4/h15-20H,9-14H2,1-4H3/b17-15+,18-16+,21-19+,22-20+. The molecular weight excluding hydrogens is 296 g/mol. The number of hydrogen-bond acceptors (Lipinski definition) is 4. The van der Waals surface area contributed by atoms with Crippen LogP contribution in [0.25, 0.3) is 0 Å². The van der Waals surface area contributed by atoms with Crippen molar-refractivity contribution in [1.82, 2.24) is 10.0 Å². The maximum absolute atomic E-state index is 4.10. The van der Waals surface area contributed by atoms with Crippen molar-refractivity contribution in [1.29, 1.82) is 0 Å². The van der Waals surface area contributed by atoms with Gasteiger partial charge in [0.1, 0.15) is 0 Å². The third-order valence-electron chi connectivity index (χ3n) is 2.62. The zero-order valence-corrected chi connectivity index (χ0v) is 15.5. The molecule has 0 bridgehead atoms. The molecule has 0 heterocycles. The highest BCUT2D eigenvalue weighted by molar-refractivity contribution is 5.70. The second-order valence-electron chi connectivity index (χ2n) is 5.47. The van der Waals surface area contributed by atoms with Crippen LogP contribution in [0, 0.1) is 23.7 Å². The normalized spacial score (nSPS) is 11.0. The monoisotopic (exact) mass is 326 g/mol. The number of rotatable bonds is 10. The van der Waals surface area contributed by atoms with Crippen molar-refractivity contribution in [2.24, 2.45) is 10.2 Å². The van der Waals surface area contributed by atoms with Crippen LogP contribution in [0.5, 0.6) is 0 Å². The lowest BCUT2D eigenvalue weighted by atomic mass is 10.2. The minimum absolute atomic E-state index is 0.887. The zero-order valence-electron chi connectivity index (χ0n) is 15.5. The Balaban J connectivity index is 3.59. The summed E-state index contributed by atoms with van der Waals surface area (Å²) >= 11 is 0. The molecule has 0 N–H and O–H groups in total. The van der Waals surface area contributed by atoms with Gasteiger partial charge in [0.05, 0.1) is 0 Å². The van der Waals surface area contributed by atoms with Crippen molar-refractivity contribution >= 4 is 12.4 Å². The first-order valence-electron chi connectivity index (χ1n) is 8.31. The van der Waals surface area contributed by atoms with Crippen molar-refractivity contribution in [3.63, 3.8) is 0 Å². The molecule has 130 valence electrons. The second kappa shape index (κ2) is 16.9. The molecule has 0 radical (unpaired) electrons. The van der Waals surface area contributed by atoms with Gasteiger partial charge in [-0.25, -0.2) is 0 Å². The van der Waals surface area contributed by atoms with Crippen LogP contribution < -0.4 is 0 Å². The van der Waals surface area contributed by atoms with Gasteiger partial charge >= 0.3 is 0 Å². The van der Waals surface area contributed by atoms with Crippen molar-refractivity contribution in [3.8, 4) is 23.7 Å². The summed E-state index contributed by atoms with van der Waals surface area (Å²) in [4.78, 5) is 0. The molecule has 0 saturated carbocycles. The molecule has 0 aromatic carbocycles. The van der Waals surface area contributed by atoms with Gasteiger partial charge in [0, 0.05) is 53.5 Å². The lowest BCUT2D eigenvalue weighted by Crippen LogP contribution is -2.00. The Morgan fingerprint density at radius 1 is 0.708 bits per heavy atom. The Bertz CT molecular complexity index is 481. The van der Waals surface area contributed by atoms with E-state index in [-0.39, 0.29) is 0 Å². The van der Waals surface area contributed by atoms with E-state index in [1.165, 1.54) is 0 Å². The third-order valence-corrected chi connectivity index (χ3v) is 2.62. The molecule has 0 spiro atoms. The summed E-state index contributed by atoms with van der Waals surface area (Å²) in [6.07, 6.45) is 17.7. The summed E-state index contributed by atoms with van der Waals surface area (Å²) in [5, 5.41) is 11.7. The molecule has 0 aromatic heterocycles. The molecule has 0 unspecified atom stereocenters. The molecule has 0 atom stereocenters. The lowest BCUT2D eigenvalue weighted by molar-refractivity contribution is 0.440. The Labute approximate surface area is 148 Å². The van der Waals surface area contributed by atoms with Gasteiger partial charge in [0.25, 0.3) is 0 Å². The van der Waals surface area contributed by atoms with Crippen LogP contribution in [0.3, 0.4) is 0 Å². The molecule has 0 rings (SSSR count). The molecule has 0 aliphatic heterocycles. The Hall–Kier alpha value is -2.46. The average Bonchev–Trinajstić information content (AvgIpc) is 2.53. The maximum atomic E-state index is 4.10. The van der Waals surface area contributed by atoms with Crippen LogP contribution in [-0.2, 0) is 0 Å². The average molecular weight is 326 g/mol. The number of allylic oxidation sites excluding steroid dienone is 4. The van der Waals surface area contributed by atoms with Gasteiger partial charge in [-0.15, -0.1) is 0 Å². The van der Waals surface area contributed by atoms with Crippen molar-refractivity contribution in [2.45, 2.75) is 38.5 Å². The summed E-state index contributed by atoms with van der Waals surface area (Å²) in [5.74, 6) is 12.0. The smallest absolute Gasteiger partial charge is 0.0467 e. The van der Waals surface area contributed by atoms with E-state index in [1.54, 1.807) is 22.4 Å². The summed E-state index contributed by atoms with van der Waals surface area (Å²) in [7, 11) is 7.61. The zero-order chi connectivity index (χ0) is 17.9. The molecule has 24 heavy (non-hydrogen) atoms. The van der Waals surface area contributed by atoms with Gasteiger partial charge in [-0.2, -0.15) is 10.2 Å². The fraction of sp³-hybridized carbons (Fsp3) is 0.500. The van der Waals surface area contributed by atoms with E-state index in [2.05, 4.69) is 46.0 Å². The molecule has 0 aromatic rings. The van der Waals surface area contributed by atoms with Crippen LogP contribution in [0.1, 0.15) is 38.5 Å². The Kier molecular flexibility index (Phi) is 15.2. The van der Waals surface area contributed by atoms with E-state index in [0.29, 0.717) is 0 Å². The molecule has 0 aliphatic carbocycles. The van der Waals surface area contributed by atoms with Gasteiger partial charge in [-0.1, -0.05) is 24.0 Å². The minimum Gasteiger partial charge on any atom is -0.303 e. The van der Waals surface area contributed by atoms with Crippen LogP contribution in [-0.4, -0.2) is 50.6 Å². The highest BCUT2D eigenvalue weighted by Crippen LogP contribution is 1.95. The SMILES string of the molecule is CN(C)/N=C/C=C/CCCC#CC#CCCC/C=C/C=N/N(C)C. The van der Waals surface area contributed by atoms with Gasteiger partial charge in [-0.3, -0.25) is 0 Å². The van der Waals surface area contributed by atoms with E-state index in [0.717, 1.165) is 38.5 Å². The topological polar surface area (TPSA) is 31.2 Å². The first kappa shape index (κ1) is 21.5. The first-order chi connectivity index (χ1) is 11.6. The van der Waals surface area contributed by atoms with Crippen molar-refractivity contribution < 1.29 is 0 Å². The quantitative estimate of drug-likeness (QED) is 0.266. The third kappa shape index (κ3) is 19.5. The molecule has 0 amide bonds.